The number of imide groups is 1. The standard InChI is InChI=1S/C13H22N4O2/c1-13(2,8-14)9-17(3)7-11(18)16-12(19)10-5-4-6-15-10/h4-6,15H,7-9,14H2,1-3H3,(H,16,18,19). The average Bonchev–Trinajstić information content (AvgIpc) is 2.81. The molecule has 0 spiro atoms. The van der Waals surface area contributed by atoms with Gasteiger partial charge in [0.05, 0.1) is 6.54 Å². The summed E-state index contributed by atoms with van der Waals surface area (Å²) >= 11 is 0. The van der Waals surface area contributed by atoms with Crippen molar-refractivity contribution in [2.45, 2.75) is 13.8 Å². The normalized spacial score (nSPS) is 11.6. The van der Waals surface area contributed by atoms with E-state index in [1.807, 2.05) is 25.8 Å². The second-order valence-electron chi connectivity index (χ2n) is 5.50. The highest BCUT2D eigenvalue weighted by Gasteiger charge is 2.20. The van der Waals surface area contributed by atoms with E-state index in [4.69, 9.17) is 5.73 Å². The first-order valence-electron chi connectivity index (χ1n) is 6.20. The van der Waals surface area contributed by atoms with Crippen molar-refractivity contribution >= 4 is 11.8 Å². The largest absolute Gasteiger partial charge is 0.357 e. The number of nitrogens with two attached hydrogens (primary N) is 1. The Morgan fingerprint density at radius 3 is 2.68 bits per heavy atom. The number of carbonyl (C=O) groups is 2. The molecule has 0 fully saturated rings. The van der Waals surface area contributed by atoms with Crippen LogP contribution in [0, 0.1) is 5.41 Å². The van der Waals surface area contributed by atoms with E-state index in [9.17, 15) is 9.59 Å². The summed E-state index contributed by atoms with van der Waals surface area (Å²) in [6.07, 6.45) is 1.63. The number of H-pyrrole nitrogens is 1. The van der Waals surface area contributed by atoms with Crippen LogP contribution in [-0.2, 0) is 4.79 Å². The molecular weight excluding hydrogens is 244 g/mol. The van der Waals surface area contributed by atoms with Crippen LogP contribution in [0.5, 0.6) is 0 Å². The third-order valence-corrected chi connectivity index (χ3v) is 2.76. The highest BCUT2D eigenvalue weighted by Crippen LogP contribution is 2.13. The highest BCUT2D eigenvalue weighted by molar-refractivity contribution is 6.04. The number of amides is 2. The van der Waals surface area contributed by atoms with Gasteiger partial charge in [0, 0.05) is 12.7 Å². The maximum absolute atomic E-state index is 11.7. The molecule has 1 aromatic heterocycles. The number of hydrogen-bond donors (Lipinski definition) is 3. The number of aromatic amines is 1. The number of aromatic nitrogens is 1. The zero-order chi connectivity index (χ0) is 14.5. The summed E-state index contributed by atoms with van der Waals surface area (Å²) in [5, 5.41) is 2.33. The van der Waals surface area contributed by atoms with E-state index >= 15 is 0 Å². The lowest BCUT2D eigenvalue weighted by Crippen LogP contribution is -2.43. The Kier molecular flexibility index (Phi) is 5.26. The Labute approximate surface area is 113 Å². The zero-order valence-corrected chi connectivity index (χ0v) is 11.7. The number of carbonyl (C=O) groups excluding carboxylic acids is 2. The summed E-state index contributed by atoms with van der Waals surface area (Å²) < 4.78 is 0. The molecule has 0 aromatic carbocycles. The van der Waals surface area contributed by atoms with E-state index in [1.54, 1.807) is 18.3 Å². The van der Waals surface area contributed by atoms with Gasteiger partial charge in [0.15, 0.2) is 0 Å². The van der Waals surface area contributed by atoms with Gasteiger partial charge in [-0.25, -0.2) is 0 Å². The van der Waals surface area contributed by atoms with E-state index in [2.05, 4.69) is 10.3 Å². The van der Waals surface area contributed by atoms with Crippen LogP contribution in [0.4, 0.5) is 0 Å². The van der Waals surface area contributed by atoms with Gasteiger partial charge in [0.1, 0.15) is 5.69 Å². The smallest absolute Gasteiger partial charge is 0.274 e. The van der Waals surface area contributed by atoms with Gasteiger partial charge in [-0.15, -0.1) is 0 Å². The van der Waals surface area contributed by atoms with Gasteiger partial charge >= 0.3 is 0 Å². The number of rotatable bonds is 6. The molecule has 0 saturated carbocycles. The molecule has 106 valence electrons. The van der Waals surface area contributed by atoms with E-state index in [-0.39, 0.29) is 17.9 Å². The minimum Gasteiger partial charge on any atom is -0.357 e. The molecule has 0 radical (unpaired) electrons. The quantitative estimate of drug-likeness (QED) is 0.685. The average molecular weight is 266 g/mol. The molecule has 19 heavy (non-hydrogen) atoms. The molecule has 0 bridgehead atoms. The van der Waals surface area contributed by atoms with Crippen molar-refractivity contribution in [2.24, 2.45) is 11.1 Å². The fourth-order valence-electron chi connectivity index (χ4n) is 1.80. The molecular formula is C13H22N4O2. The van der Waals surface area contributed by atoms with Crippen LogP contribution in [0.25, 0.3) is 0 Å². The van der Waals surface area contributed by atoms with E-state index < -0.39 is 5.91 Å². The van der Waals surface area contributed by atoms with Crippen LogP contribution >= 0.6 is 0 Å². The molecule has 4 N–H and O–H groups in total. The molecule has 6 nitrogen and oxygen atoms in total. The molecule has 0 aliphatic carbocycles. The van der Waals surface area contributed by atoms with Crippen molar-refractivity contribution in [1.82, 2.24) is 15.2 Å². The van der Waals surface area contributed by atoms with Gasteiger partial charge in [-0.2, -0.15) is 0 Å². The predicted octanol–water partition coefficient (Wildman–Crippen LogP) is 0.188. The predicted molar refractivity (Wildman–Crippen MR) is 73.6 cm³/mol. The molecule has 1 rings (SSSR count). The Morgan fingerprint density at radius 1 is 1.47 bits per heavy atom. The van der Waals surface area contributed by atoms with Gasteiger partial charge < -0.3 is 10.7 Å². The summed E-state index contributed by atoms with van der Waals surface area (Å²) in [6, 6.07) is 3.32. The molecule has 6 heteroatoms. The van der Waals surface area contributed by atoms with Crippen molar-refractivity contribution in [1.29, 1.82) is 0 Å². The fourth-order valence-corrected chi connectivity index (χ4v) is 1.80. The molecule has 0 saturated heterocycles. The molecule has 2 amide bonds. The van der Waals surface area contributed by atoms with Crippen LogP contribution in [0.2, 0.25) is 0 Å². The minimum absolute atomic E-state index is 0.0570. The third-order valence-electron chi connectivity index (χ3n) is 2.76. The summed E-state index contributed by atoms with van der Waals surface area (Å²) in [5.74, 6) is -0.739. The Hall–Kier alpha value is -1.66. The summed E-state index contributed by atoms with van der Waals surface area (Å²) in [6.45, 7) is 5.46. The summed E-state index contributed by atoms with van der Waals surface area (Å²) in [5.41, 5.74) is 5.96. The van der Waals surface area contributed by atoms with Crippen molar-refractivity contribution in [3.05, 3.63) is 24.0 Å². The maximum Gasteiger partial charge on any atom is 0.274 e. The van der Waals surface area contributed by atoms with Crippen LogP contribution in [0.3, 0.4) is 0 Å². The lowest BCUT2D eigenvalue weighted by Gasteiger charge is -2.28. The van der Waals surface area contributed by atoms with Crippen molar-refractivity contribution in [3.63, 3.8) is 0 Å². The van der Waals surface area contributed by atoms with Crippen LogP contribution in [0.15, 0.2) is 18.3 Å². The molecule has 0 aliphatic heterocycles. The monoisotopic (exact) mass is 266 g/mol. The van der Waals surface area contributed by atoms with Crippen molar-refractivity contribution in [3.8, 4) is 0 Å². The molecule has 1 heterocycles. The fraction of sp³-hybridized carbons (Fsp3) is 0.538. The highest BCUT2D eigenvalue weighted by atomic mass is 16.2. The van der Waals surface area contributed by atoms with Gasteiger partial charge in [-0.1, -0.05) is 13.8 Å². The number of nitrogens with zero attached hydrogens (tertiary/aromatic N) is 1. The second kappa shape index (κ2) is 6.49. The SMILES string of the molecule is CN(CC(=O)NC(=O)c1ccc[nH]1)CC(C)(C)CN. The van der Waals surface area contributed by atoms with Crippen LogP contribution < -0.4 is 11.1 Å². The van der Waals surface area contributed by atoms with E-state index in [1.165, 1.54) is 0 Å². The number of nitrogens with one attached hydrogen (secondary N) is 2. The molecule has 1 aromatic rings. The number of hydrogen-bond acceptors (Lipinski definition) is 4. The molecule has 0 atom stereocenters. The van der Waals surface area contributed by atoms with E-state index in [0.29, 0.717) is 18.8 Å². The molecule has 0 aliphatic rings. The van der Waals surface area contributed by atoms with Gasteiger partial charge in [0.2, 0.25) is 5.91 Å². The van der Waals surface area contributed by atoms with Crippen molar-refractivity contribution < 1.29 is 9.59 Å². The summed E-state index contributed by atoms with van der Waals surface area (Å²) in [7, 11) is 1.83. The lowest BCUT2D eigenvalue weighted by molar-refractivity contribution is -0.121. The summed E-state index contributed by atoms with van der Waals surface area (Å²) in [4.78, 5) is 28.0. The lowest BCUT2D eigenvalue weighted by atomic mass is 9.93. The zero-order valence-electron chi connectivity index (χ0n) is 11.7. The van der Waals surface area contributed by atoms with Gasteiger partial charge in [-0.05, 0) is 31.1 Å². The first-order valence-corrected chi connectivity index (χ1v) is 6.20. The van der Waals surface area contributed by atoms with Crippen molar-refractivity contribution in [2.75, 3.05) is 26.7 Å². The first kappa shape index (κ1) is 15.4. The van der Waals surface area contributed by atoms with Gasteiger partial charge in [0.25, 0.3) is 5.91 Å². The first-order chi connectivity index (χ1) is 8.84. The molecule has 0 unspecified atom stereocenters. The Morgan fingerprint density at radius 2 is 2.16 bits per heavy atom. The topological polar surface area (TPSA) is 91.2 Å². The Bertz CT molecular complexity index is 426. The Balaban J connectivity index is 2.41. The van der Waals surface area contributed by atoms with Crippen LogP contribution in [-0.4, -0.2) is 48.4 Å². The van der Waals surface area contributed by atoms with Crippen LogP contribution in [0.1, 0.15) is 24.3 Å². The number of likely N-dealkylation sites (N-methyl/N-ethyl adjacent to an activating group) is 1. The third kappa shape index (κ3) is 5.23. The minimum atomic E-state index is -0.415. The van der Waals surface area contributed by atoms with E-state index in [0.717, 1.165) is 0 Å². The maximum atomic E-state index is 11.7. The second-order valence-corrected chi connectivity index (χ2v) is 5.50. The van der Waals surface area contributed by atoms with Gasteiger partial charge in [-0.3, -0.25) is 19.8 Å².